The molecule has 0 aromatic heterocycles. The van der Waals surface area contributed by atoms with Gasteiger partial charge >= 0.3 is 0 Å². The fraction of sp³-hybridized carbons (Fsp3) is 0.286. The van der Waals surface area contributed by atoms with Crippen LogP contribution in [0.3, 0.4) is 0 Å². The lowest BCUT2D eigenvalue weighted by Gasteiger charge is -2.37. The van der Waals surface area contributed by atoms with Gasteiger partial charge in [0.1, 0.15) is 18.0 Å². The quantitative estimate of drug-likeness (QED) is 0.171. The van der Waals surface area contributed by atoms with Gasteiger partial charge in [0.05, 0.1) is 39.1 Å². The Labute approximate surface area is 236 Å². The van der Waals surface area contributed by atoms with Crippen LogP contribution in [0.1, 0.15) is 28.7 Å². The van der Waals surface area contributed by atoms with Crippen LogP contribution in [0.15, 0.2) is 121 Å². The number of hydrogen-bond donors (Lipinski definition) is 0. The zero-order valence-corrected chi connectivity index (χ0v) is 22.6. The van der Waals surface area contributed by atoms with Crippen LogP contribution in [0.25, 0.3) is 0 Å². The van der Waals surface area contributed by atoms with E-state index in [0.717, 1.165) is 28.5 Å². The third kappa shape index (κ3) is 7.32. The van der Waals surface area contributed by atoms with E-state index in [2.05, 4.69) is 0 Å². The van der Waals surface area contributed by atoms with E-state index in [1.807, 2.05) is 121 Å². The van der Waals surface area contributed by atoms with Gasteiger partial charge in [0.15, 0.2) is 0 Å². The first kappa shape index (κ1) is 27.9. The summed E-state index contributed by atoms with van der Waals surface area (Å²) in [6.07, 6.45) is 0.416. The van der Waals surface area contributed by atoms with Crippen LogP contribution < -0.4 is 0 Å². The highest BCUT2D eigenvalue weighted by Gasteiger charge is 2.56. The second kappa shape index (κ2) is 14.1. The summed E-state index contributed by atoms with van der Waals surface area (Å²) in [5.41, 5.74) is 3.32. The van der Waals surface area contributed by atoms with Gasteiger partial charge in [-0.2, -0.15) is 0 Å². The minimum Gasteiger partial charge on any atom is -0.374 e. The van der Waals surface area contributed by atoms with Gasteiger partial charge in [0, 0.05) is 5.92 Å². The lowest BCUT2D eigenvalue weighted by Crippen LogP contribution is -2.50. The van der Waals surface area contributed by atoms with Crippen molar-refractivity contribution in [3.05, 3.63) is 144 Å². The molecular weight excluding hydrogens is 500 g/mol. The Hall–Kier alpha value is -3.61. The fourth-order valence-electron chi connectivity index (χ4n) is 5.31. The Morgan fingerprint density at radius 1 is 0.600 bits per heavy atom. The first-order valence-corrected chi connectivity index (χ1v) is 13.8. The molecule has 5 rings (SSSR count). The van der Waals surface area contributed by atoms with E-state index >= 15 is 0 Å². The van der Waals surface area contributed by atoms with E-state index in [1.54, 1.807) is 0 Å². The number of hydrogen-bond acceptors (Lipinski definition) is 5. The molecule has 0 bridgehead atoms. The summed E-state index contributed by atoms with van der Waals surface area (Å²) in [5, 5.41) is 0. The molecule has 40 heavy (non-hydrogen) atoms. The van der Waals surface area contributed by atoms with Crippen LogP contribution in [-0.2, 0) is 50.2 Å². The van der Waals surface area contributed by atoms with Gasteiger partial charge in [0.25, 0.3) is 0 Å². The van der Waals surface area contributed by atoms with Crippen LogP contribution in [0.5, 0.6) is 0 Å². The molecule has 0 spiro atoms. The maximum absolute atomic E-state index is 12.5. The van der Waals surface area contributed by atoms with E-state index in [4.69, 9.17) is 18.9 Å². The molecule has 5 nitrogen and oxygen atoms in total. The van der Waals surface area contributed by atoms with Crippen molar-refractivity contribution in [3.63, 3.8) is 0 Å². The predicted octanol–water partition coefficient (Wildman–Crippen LogP) is 6.55. The van der Waals surface area contributed by atoms with Gasteiger partial charge in [-0.05, 0) is 28.7 Å². The molecule has 5 heteroatoms. The lowest BCUT2D eigenvalue weighted by molar-refractivity contribution is -0.196. The van der Waals surface area contributed by atoms with Gasteiger partial charge in [-0.3, -0.25) is 0 Å². The van der Waals surface area contributed by atoms with Gasteiger partial charge < -0.3 is 23.7 Å². The number of benzene rings is 4. The number of rotatable bonds is 14. The second-order valence-electron chi connectivity index (χ2n) is 10.3. The van der Waals surface area contributed by atoms with Crippen molar-refractivity contribution in [2.24, 2.45) is 5.92 Å². The van der Waals surface area contributed by atoms with Crippen LogP contribution in [0, 0.1) is 5.92 Å². The molecule has 0 radical (unpaired) electrons. The van der Waals surface area contributed by atoms with Gasteiger partial charge in [-0.25, -0.2) is 0 Å². The van der Waals surface area contributed by atoms with Gasteiger partial charge in [-0.15, -0.1) is 0 Å². The highest BCUT2D eigenvalue weighted by molar-refractivity contribution is 5.56. The van der Waals surface area contributed by atoms with Crippen molar-refractivity contribution in [1.82, 2.24) is 0 Å². The Morgan fingerprint density at radius 2 is 1.05 bits per heavy atom. The Bertz CT molecular complexity index is 1280. The molecule has 0 unspecified atom stereocenters. The molecule has 1 aliphatic rings. The van der Waals surface area contributed by atoms with Crippen LogP contribution in [0.2, 0.25) is 0 Å². The third-order valence-electron chi connectivity index (χ3n) is 7.38. The number of aldehydes is 1. The molecule has 206 valence electrons. The van der Waals surface area contributed by atoms with Crippen molar-refractivity contribution in [2.75, 3.05) is 6.61 Å². The fourth-order valence-corrected chi connectivity index (χ4v) is 5.31. The van der Waals surface area contributed by atoms with E-state index in [1.165, 1.54) is 0 Å². The molecule has 4 atom stereocenters. The predicted molar refractivity (Wildman–Crippen MR) is 154 cm³/mol. The zero-order chi connectivity index (χ0) is 27.5. The molecule has 4 aromatic rings. The van der Waals surface area contributed by atoms with Crippen molar-refractivity contribution in [2.45, 2.75) is 50.7 Å². The number of carbonyl (C=O) groups is 1. The topological polar surface area (TPSA) is 54.0 Å². The largest absolute Gasteiger partial charge is 0.374 e. The molecule has 1 aliphatic carbocycles. The summed E-state index contributed by atoms with van der Waals surface area (Å²) in [4.78, 5) is 12.5. The number of ether oxygens (including phenoxy) is 4. The summed E-state index contributed by atoms with van der Waals surface area (Å²) >= 11 is 0. The van der Waals surface area contributed by atoms with E-state index < -0.39 is 23.7 Å². The monoisotopic (exact) mass is 536 g/mol. The molecule has 1 fully saturated rings. The van der Waals surface area contributed by atoms with E-state index in [9.17, 15) is 4.79 Å². The van der Waals surface area contributed by atoms with Crippen LogP contribution in [-0.4, -0.2) is 30.7 Å². The Kier molecular flexibility index (Phi) is 9.88. The van der Waals surface area contributed by atoms with E-state index in [-0.39, 0.29) is 6.61 Å². The minimum atomic E-state index is -0.883. The molecule has 0 amide bonds. The number of carbonyl (C=O) groups excluding carboxylic acids is 1. The normalized spacial score (nSPS) is 22.2. The molecule has 1 saturated carbocycles. The first-order valence-electron chi connectivity index (χ1n) is 13.8. The Balaban J connectivity index is 1.42. The second-order valence-corrected chi connectivity index (χ2v) is 10.3. The third-order valence-corrected chi connectivity index (χ3v) is 7.38. The van der Waals surface area contributed by atoms with E-state index in [0.29, 0.717) is 32.8 Å². The average Bonchev–Trinajstić information content (AvgIpc) is 3.32. The van der Waals surface area contributed by atoms with Crippen LogP contribution >= 0.6 is 0 Å². The zero-order valence-electron chi connectivity index (χ0n) is 22.6. The molecule has 0 saturated heterocycles. The summed E-state index contributed by atoms with van der Waals surface area (Å²) in [6, 6.07) is 40.1. The van der Waals surface area contributed by atoms with Gasteiger partial charge in [-0.1, -0.05) is 121 Å². The van der Waals surface area contributed by atoms with Crippen LogP contribution in [0.4, 0.5) is 0 Å². The average molecular weight is 537 g/mol. The molecular formula is C35H36O5. The summed E-state index contributed by atoms with van der Waals surface area (Å²) in [6.45, 7) is 1.82. The molecule has 0 aliphatic heterocycles. The van der Waals surface area contributed by atoms with Crippen molar-refractivity contribution >= 4 is 6.29 Å². The van der Waals surface area contributed by atoms with Crippen molar-refractivity contribution < 1.29 is 23.7 Å². The van der Waals surface area contributed by atoms with Gasteiger partial charge in [0.2, 0.25) is 0 Å². The Morgan fingerprint density at radius 3 is 1.55 bits per heavy atom. The maximum Gasteiger partial charge on any atom is 0.125 e. The standard InChI is InChI=1S/C35H36O5/c36-22-32-21-35(40-26-31-19-11-4-12-20-31,27-37-23-28-13-5-1-6-14-28)34(39-25-30-17-9-3-10-18-30)33(32)38-24-29-15-7-2-8-16-29/h1-20,22,32-34H,21,23-27H2/t32-,33-,34+,35+/m1/s1. The summed E-state index contributed by atoms with van der Waals surface area (Å²) in [5.74, 6) is -0.402. The maximum atomic E-state index is 12.5. The molecule has 0 heterocycles. The first-order chi connectivity index (χ1) is 19.8. The SMILES string of the molecule is O=C[C@H]1C[C@@](COCc2ccccc2)(OCc2ccccc2)[C@@H](OCc2ccccc2)[C@@H]1OCc1ccccc1. The summed E-state index contributed by atoms with van der Waals surface area (Å²) in [7, 11) is 0. The summed E-state index contributed by atoms with van der Waals surface area (Å²) < 4.78 is 26.2. The highest BCUT2D eigenvalue weighted by Crippen LogP contribution is 2.43. The minimum absolute atomic E-state index is 0.268. The molecule has 0 N–H and O–H groups in total. The molecule has 4 aromatic carbocycles. The lowest BCUT2D eigenvalue weighted by atomic mass is 9.98. The highest BCUT2D eigenvalue weighted by atomic mass is 16.6. The smallest absolute Gasteiger partial charge is 0.125 e. The van der Waals surface area contributed by atoms with Crippen molar-refractivity contribution in [1.29, 1.82) is 0 Å². The van der Waals surface area contributed by atoms with Crippen molar-refractivity contribution in [3.8, 4) is 0 Å².